The summed E-state index contributed by atoms with van der Waals surface area (Å²) in [5, 5.41) is 3.38. The highest BCUT2D eigenvalue weighted by molar-refractivity contribution is 6.31. The molecule has 0 radical (unpaired) electrons. The molecule has 0 saturated carbocycles. The Hall–Kier alpha value is -2.17. The second-order valence-corrected chi connectivity index (χ2v) is 7.48. The van der Waals surface area contributed by atoms with Crippen LogP contribution in [0.25, 0.3) is 0 Å². The van der Waals surface area contributed by atoms with E-state index in [1.807, 2.05) is 18.2 Å². The molecule has 26 heavy (non-hydrogen) atoms. The van der Waals surface area contributed by atoms with Gasteiger partial charge in [-0.15, -0.1) is 0 Å². The maximum atomic E-state index is 12.8. The van der Waals surface area contributed by atoms with Crippen LogP contribution in [0.15, 0.2) is 48.5 Å². The zero-order valence-corrected chi connectivity index (χ0v) is 15.7. The summed E-state index contributed by atoms with van der Waals surface area (Å²) < 4.78 is 0. The number of hydrogen-bond donors (Lipinski definition) is 2. The third kappa shape index (κ3) is 4.71. The van der Waals surface area contributed by atoms with Crippen LogP contribution in [0, 0.1) is 5.92 Å². The van der Waals surface area contributed by atoms with Crippen molar-refractivity contribution >= 4 is 29.0 Å². The summed E-state index contributed by atoms with van der Waals surface area (Å²) in [5.74, 6) is 0.523. The second kappa shape index (κ2) is 8.47. The van der Waals surface area contributed by atoms with Crippen LogP contribution < -0.4 is 10.2 Å². The largest absolute Gasteiger partial charge is 0.327 e. The third-order valence-corrected chi connectivity index (χ3v) is 5.16. The van der Waals surface area contributed by atoms with Gasteiger partial charge in [-0.3, -0.25) is 9.59 Å². The first-order chi connectivity index (χ1) is 12.5. The van der Waals surface area contributed by atoms with E-state index >= 15 is 0 Å². The predicted molar refractivity (Wildman–Crippen MR) is 104 cm³/mol. The molecule has 3 rings (SSSR count). The standard InChI is InChI=1S/C21H23ClN2O2/c1-15-9-11-24(12-10-15)14-20(25)23-19-8-7-17(22)13-18(19)21(26)16-5-3-2-4-6-16/h2-8,13,15H,9-12,14H2,1H3,(H,23,25)/p+1. The Kier molecular flexibility index (Phi) is 6.07. The average Bonchev–Trinajstić information content (AvgIpc) is 2.65. The van der Waals surface area contributed by atoms with Gasteiger partial charge in [-0.1, -0.05) is 48.9 Å². The summed E-state index contributed by atoms with van der Waals surface area (Å²) in [7, 11) is 0. The quantitative estimate of drug-likeness (QED) is 0.794. The first-order valence-corrected chi connectivity index (χ1v) is 9.43. The van der Waals surface area contributed by atoms with Gasteiger partial charge in [0.1, 0.15) is 0 Å². The van der Waals surface area contributed by atoms with Crippen LogP contribution in [0.4, 0.5) is 5.69 Å². The van der Waals surface area contributed by atoms with Gasteiger partial charge in [0.05, 0.1) is 18.8 Å². The average molecular weight is 372 g/mol. The summed E-state index contributed by atoms with van der Waals surface area (Å²) in [5.41, 5.74) is 1.50. The lowest BCUT2D eigenvalue weighted by atomic mass is 9.99. The molecule has 1 heterocycles. The van der Waals surface area contributed by atoms with Crippen LogP contribution in [0.3, 0.4) is 0 Å². The van der Waals surface area contributed by atoms with Gasteiger partial charge in [-0.2, -0.15) is 0 Å². The highest BCUT2D eigenvalue weighted by Gasteiger charge is 2.22. The van der Waals surface area contributed by atoms with E-state index in [4.69, 9.17) is 11.6 Å². The highest BCUT2D eigenvalue weighted by atomic mass is 35.5. The molecule has 0 bridgehead atoms. The fraction of sp³-hybridized carbons (Fsp3) is 0.333. The van der Waals surface area contributed by atoms with Gasteiger partial charge in [0.2, 0.25) is 0 Å². The number of rotatable bonds is 5. The van der Waals surface area contributed by atoms with E-state index in [2.05, 4.69) is 12.2 Å². The molecule has 5 heteroatoms. The minimum Gasteiger partial charge on any atom is -0.327 e. The monoisotopic (exact) mass is 371 g/mol. The van der Waals surface area contributed by atoms with Gasteiger partial charge in [-0.25, -0.2) is 0 Å². The van der Waals surface area contributed by atoms with Gasteiger partial charge in [0.25, 0.3) is 5.91 Å². The third-order valence-electron chi connectivity index (χ3n) is 4.93. The highest BCUT2D eigenvalue weighted by Crippen LogP contribution is 2.23. The number of benzene rings is 2. The Morgan fingerprint density at radius 3 is 2.50 bits per heavy atom. The molecule has 0 unspecified atom stereocenters. The Bertz CT molecular complexity index is 784. The van der Waals surface area contributed by atoms with E-state index in [9.17, 15) is 9.59 Å². The van der Waals surface area contributed by atoms with E-state index in [0.29, 0.717) is 28.4 Å². The SMILES string of the molecule is CC1CC[NH+](CC(=O)Nc2ccc(Cl)cc2C(=O)c2ccccc2)CC1. The van der Waals surface area contributed by atoms with E-state index in [-0.39, 0.29) is 11.7 Å². The molecule has 0 atom stereocenters. The minimum absolute atomic E-state index is 0.0704. The molecule has 1 amide bonds. The molecule has 1 aliphatic heterocycles. The number of ketones is 1. The Balaban J connectivity index is 1.73. The fourth-order valence-corrected chi connectivity index (χ4v) is 3.50. The molecule has 0 aromatic heterocycles. The molecule has 136 valence electrons. The van der Waals surface area contributed by atoms with Crippen molar-refractivity contribution in [3.8, 4) is 0 Å². The van der Waals surface area contributed by atoms with Crippen LogP contribution in [-0.2, 0) is 4.79 Å². The van der Waals surface area contributed by atoms with Crippen LogP contribution in [-0.4, -0.2) is 31.3 Å². The molecule has 4 nitrogen and oxygen atoms in total. The zero-order chi connectivity index (χ0) is 18.5. The van der Waals surface area contributed by atoms with E-state index in [0.717, 1.165) is 31.8 Å². The zero-order valence-electron chi connectivity index (χ0n) is 14.9. The number of halogens is 1. The van der Waals surface area contributed by atoms with Crippen molar-refractivity contribution < 1.29 is 14.5 Å². The Morgan fingerprint density at radius 1 is 1.12 bits per heavy atom. The molecule has 1 fully saturated rings. The van der Waals surface area contributed by atoms with Crippen molar-refractivity contribution in [2.24, 2.45) is 5.92 Å². The lowest BCUT2D eigenvalue weighted by molar-refractivity contribution is -0.897. The molecule has 2 N–H and O–H groups in total. The Labute approximate surface area is 159 Å². The summed E-state index contributed by atoms with van der Waals surface area (Å²) in [6.45, 7) is 4.72. The van der Waals surface area contributed by atoms with Crippen molar-refractivity contribution in [3.05, 3.63) is 64.7 Å². The number of likely N-dealkylation sites (tertiary alicyclic amines) is 1. The number of carbonyl (C=O) groups is 2. The summed E-state index contributed by atoms with van der Waals surface area (Å²) in [4.78, 5) is 26.6. The molecule has 1 aliphatic rings. The fourth-order valence-electron chi connectivity index (χ4n) is 3.33. The van der Waals surface area contributed by atoms with Crippen molar-refractivity contribution in [1.82, 2.24) is 0 Å². The minimum atomic E-state index is -0.150. The van der Waals surface area contributed by atoms with Crippen LogP contribution in [0.1, 0.15) is 35.7 Å². The number of amides is 1. The number of hydrogen-bond acceptors (Lipinski definition) is 2. The number of nitrogens with one attached hydrogen (secondary N) is 2. The molecule has 1 saturated heterocycles. The summed E-state index contributed by atoms with van der Waals surface area (Å²) in [6.07, 6.45) is 2.31. The van der Waals surface area contributed by atoms with Crippen molar-refractivity contribution in [3.63, 3.8) is 0 Å². The first kappa shape index (κ1) is 18.6. The maximum Gasteiger partial charge on any atom is 0.279 e. The molecular formula is C21H24ClN2O2+. The van der Waals surface area contributed by atoms with Gasteiger partial charge >= 0.3 is 0 Å². The molecule has 2 aromatic carbocycles. The van der Waals surface area contributed by atoms with Crippen molar-refractivity contribution in [2.45, 2.75) is 19.8 Å². The van der Waals surface area contributed by atoms with E-state index in [1.165, 1.54) is 4.90 Å². The van der Waals surface area contributed by atoms with Crippen LogP contribution in [0.5, 0.6) is 0 Å². The molecule has 0 spiro atoms. The summed E-state index contributed by atoms with van der Waals surface area (Å²) >= 11 is 6.09. The number of quaternary nitrogens is 1. The second-order valence-electron chi connectivity index (χ2n) is 7.04. The normalized spacial score (nSPS) is 19.8. The van der Waals surface area contributed by atoms with Gasteiger partial charge in [0, 0.05) is 16.1 Å². The predicted octanol–water partition coefficient (Wildman–Crippen LogP) is 2.82. The number of piperidine rings is 1. The van der Waals surface area contributed by atoms with E-state index in [1.54, 1.807) is 30.3 Å². The van der Waals surface area contributed by atoms with Crippen LogP contribution in [0.2, 0.25) is 5.02 Å². The Morgan fingerprint density at radius 2 is 1.81 bits per heavy atom. The number of carbonyl (C=O) groups excluding carboxylic acids is 2. The van der Waals surface area contributed by atoms with Gasteiger partial charge in [-0.05, 0) is 37.0 Å². The first-order valence-electron chi connectivity index (χ1n) is 9.05. The van der Waals surface area contributed by atoms with Gasteiger partial charge < -0.3 is 10.2 Å². The topological polar surface area (TPSA) is 50.6 Å². The summed E-state index contributed by atoms with van der Waals surface area (Å²) in [6, 6.07) is 14.0. The molecule has 2 aromatic rings. The van der Waals surface area contributed by atoms with Crippen molar-refractivity contribution in [1.29, 1.82) is 0 Å². The van der Waals surface area contributed by atoms with E-state index < -0.39 is 0 Å². The lowest BCUT2D eigenvalue weighted by Gasteiger charge is -2.26. The lowest BCUT2D eigenvalue weighted by Crippen LogP contribution is -3.14. The smallest absolute Gasteiger partial charge is 0.279 e. The number of anilines is 1. The maximum absolute atomic E-state index is 12.8. The molecular weight excluding hydrogens is 348 g/mol. The molecule has 0 aliphatic carbocycles. The van der Waals surface area contributed by atoms with Crippen molar-refractivity contribution in [2.75, 3.05) is 25.0 Å². The van der Waals surface area contributed by atoms with Crippen LogP contribution >= 0.6 is 11.6 Å². The van der Waals surface area contributed by atoms with Gasteiger partial charge in [0.15, 0.2) is 12.3 Å².